The van der Waals surface area contributed by atoms with Gasteiger partial charge in [0.05, 0.1) is 6.26 Å². The zero-order valence-corrected chi connectivity index (χ0v) is 17.3. The molecule has 5 nitrogen and oxygen atoms in total. The van der Waals surface area contributed by atoms with Crippen LogP contribution in [-0.2, 0) is 11.2 Å². The van der Waals surface area contributed by atoms with E-state index >= 15 is 0 Å². The van der Waals surface area contributed by atoms with Gasteiger partial charge in [-0.15, -0.1) is 30.6 Å². The largest absolute Gasteiger partial charge is 0.469 e. The molecule has 6 heteroatoms. The average Bonchev–Trinajstić information content (AvgIpc) is 3.06. The monoisotopic (exact) mass is 449 g/mol. The minimum absolute atomic E-state index is 0. The standard InChI is InChI=1S/C18H31N3O2.HI/c1-4-6-7-14-21(3)18(19-12-9-15-22-5-2)20-13-11-17-10-8-16-23-17;/h4,8,10,16H,1,5-7,9,11-15H2,2-3H3,(H,19,20);1H. The summed E-state index contributed by atoms with van der Waals surface area (Å²) in [6, 6.07) is 3.91. The van der Waals surface area contributed by atoms with Gasteiger partial charge in [0.1, 0.15) is 5.76 Å². The number of hydrogen-bond acceptors (Lipinski definition) is 3. The molecule has 0 spiro atoms. The second kappa shape index (κ2) is 15.5. The number of aliphatic imine (C=N–C) groups is 1. The van der Waals surface area contributed by atoms with Gasteiger partial charge in [-0.25, -0.2) is 0 Å². The lowest BCUT2D eigenvalue weighted by Gasteiger charge is -2.22. The predicted molar refractivity (Wildman–Crippen MR) is 111 cm³/mol. The fraction of sp³-hybridized carbons (Fsp3) is 0.611. The van der Waals surface area contributed by atoms with Crippen molar-refractivity contribution in [3.63, 3.8) is 0 Å². The lowest BCUT2D eigenvalue weighted by molar-refractivity contribution is 0.146. The van der Waals surface area contributed by atoms with Crippen LogP contribution in [0, 0.1) is 0 Å². The van der Waals surface area contributed by atoms with E-state index in [1.807, 2.05) is 25.1 Å². The molecule has 1 rings (SSSR count). The van der Waals surface area contributed by atoms with E-state index in [1.165, 1.54) is 0 Å². The van der Waals surface area contributed by atoms with Crippen LogP contribution in [0.3, 0.4) is 0 Å². The molecule has 1 heterocycles. The number of halogens is 1. The van der Waals surface area contributed by atoms with Crippen LogP contribution in [0.2, 0.25) is 0 Å². The van der Waals surface area contributed by atoms with Crippen LogP contribution in [0.15, 0.2) is 40.5 Å². The first-order valence-electron chi connectivity index (χ1n) is 8.48. The normalized spacial score (nSPS) is 11.0. The highest BCUT2D eigenvalue weighted by Gasteiger charge is 2.06. The lowest BCUT2D eigenvalue weighted by Crippen LogP contribution is -2.40. The summed E-state index contributed by atoms with van der Waals surface area (Å²) in [5.41, 5.74) is 0. The van der Waals surface area contributed by atoms with E-state index in [9.17, 15) is 0 Å². The molecule has 1 N–H and O–H groups in total. The van der Waals surface area contributed by atoms with Gasteiger partial charge in [-0.05, 0) is 38.3 Å². The third-order valence-electron chi connectivity index (χ3n) is 3.41. The van der Waals surface area contributed by atoms with E-state index < -0.39 is 0 Å². The number of guanidine groups is 1. The van der Waals surface area contributed by atoms with Crippen LogP contribution in [0.5, 0.6) is 0 Å². The Morgan fingerprint density at radius 3 is 2.96 bits per heavy atom. The van der Waals surface area contributed by atoms with Crippen LogP contribution in [0.1, 0.15) is 31.9 Å². The zero-order valence-electron chi connectivity index (χ0n) is 15.0. The van der Waals surface area contributed by atoms with Crippen LogP contribution in [0.25, 0.3) is 0 Å². The number of unbranched alkanes of at least 4 members (excludes halogenated alkanes) is 1. The number of nitrogens with one attached hydrogen (secondary N) is 1. The Hall–Kier alpha value is -1.02. The van der Waals surface area contributed by atoms with E-state index in [-0.39, 0.29) is 24.0 Å². The molecule has 0 unspecified atom stereocenters. The molecule has 0 aliphatic carbocycles. The molecule has 0 radical (unpaired) electrons. The Bertz CT molecular complexity index is 435. The van der Waals surface area contributed by atoms with Gasteiger partial charge in [0, 0.05) is 46.3 Å². The number of rotatable bonds is 12. The Balaban J connectivity index is 0.00000529. The Labute approximate surface area is 163 Å². The summed E-state index contributed by atoms with van der Waals surface area (Å²) in [4.78, 5) is 6.86. The number of ether oxygens (including phenoxy) is 1. The van der Waals surface area contributed by atoms with E-state index in [0.29, 0.717) is 0 Å². The molecule has 0 atom stereocenters. The van der Waals surface area contributed by atoms with Crippen molar-refractivity contribution in [2.24, 2.45) is 4.99 Å². The second-order valence-electron chi connectivity index (χ2n) is 5.36. The molecule has 0 bridgehead atoms. The number of furan rings is 1. The smallest absolute Gasteiger partial charge is 0.193 e. The SMILES string of the molecule is C=CCCCN(C)C(=NCCCOCC)NCCc1ccco1.I. The van der Waals surface area contributed by atoms with Gasteiger partial charge in [0.25, 0.3) is 0 Å². The van der Waals surface area contributed by atoms with Crippen LogP contribution in [-0.4, -0.2) is 50.8 Å². The van der Waals surface area contributed by atoms with Gasteiger partial charge in [0.2, 0.25) is 0 Å². The molecule has 0 aliphatic rings. The Kier molecular flexibility index (Phi) is 14.8. The predicted octanol–water partition coefficient (Wildman–Crippen LogP) is 3.71. The topological polar surface area (TPSA) is 50.0 Å². The quantitative estimate of drug-likeness (QED) is 0.174. The average molecular weight is 449 g/mol. The third-order valence-corrected chi connectivity index (χ3v) is 3.41. The number of allylic oxidation sites excluding steroid dienone is 1. The van der Waals surface area contributed by atoms with Gasteiger partial charge in [0.15, 0.2) is 5.96 Å². The maximum atomic E-state index is 5.36. The molecule has 0 aliphatic heterocycles. The van der Waals surface area contributed by atoms with Gasteiger partial charge in [-0.3, -0.25) is 4.99 Å². The molecular weight excluding hydrogens is 417 g/mol. The summed E-state index contributed by atoms with van der Waals surface area (Å²) in [5, 5.41) is 3.42. The summed E-state index contributed by atoms with van der Waals surface area (Å²) in [5.74, 6) is 1.93. The van der Waals surface area contributed by atoms with E-state index in [4.69, 9.17) is 9.15 Å². The molecule has 0 fully saturated rings. The maximum absolute atomic E-state index is 5.36. The van der Waals surface area contributed by atoms with Gasteiger partial charge < -0.3 is 19.4 Å². The molecule has 1 aromatic heterocycles. The van der Waals surface area contributed by atoms with E-state index in [1.54, 1.807) is 6.26 Å². The van der Waals surface area contributed by atoms with Crippen LogP contribution >= 0.6 is 24.0 Å². The van der Waals surface area contributed by atoms with Crippen molar-refractivity contribution in [2.75, 3.05) is 39.9 Å². The van der Waals surface area contributed by atoms with Crippen molar-refractivity contribution in [3.05, 3.63) is 36.8 Å². The highest BCUT2D eigenvalue weighted by Crippen LogP contribution is 2.00. The first-order chi connectivity index (χ1) is 11.3. The van der Waals surface area contributed by atoms with Crippen LogP contribution in [0.4, 0.5) is 0 Å². The van der Waals surface area contributed by atoms with Gasteiger partial charge in [-0.1, -0.05) is 6.08 Å². The summed E-state index contributed by atoms with van der Waals surface area (Å²) >= 11 is 0. The van der Waals surface area contributed by atoms with Gasteiger partial charge >= 0.3 is 0 Å². The van der Waals surface area contributed by atoms with Crippen molar-refractivity contribution in [3.8, 4) is 0 Å². The Morgan fingerprint density at radius 1 is 1.46 bits per heavy atom. The van der Waals surface area contributed by atoms with Gasteiger partial charge in [-0.2, -0.15) is 0 Å². The minimum atomic E-state index is 0. The van der Waals surface area contributed by atoms with E-state index in [2.05, 4.69) is 28.8 Å². The lowest BCUT2D eigenvalue weighted by atomic mass is 10.3. The van der Waals surface area contributed by atoms with E-state index in [0.717, 1.165) is 70.3 Å². The molecule has 1 aromatic rings. The minimum Gasteiger partial charge on any atom is -0.469 e. The van der Waals surface area contributed by atoms with Crippen molar-refractivity contribution >= 4 is 29.9 Å². The molecular formula is C18H32IN3O2. The molecule has 138 valence electrons. The molecule has 0 aromatic carbocycles. The third kappa shape index (κ3) is 10.7. The van der Waals surface area contributed by atoms with Crippen molar-refractivity contribution in [2.45, 2.75) is 32.6 Å². The van der Waals surface area contributed by atoms with Crippen molar-refractivity contribution in [1.82, 2.24) is 10.2 Å². The maximum Gasteiger partial charge on any atom is 0.193 e. The summed E-state index contributed by atoms with van der Waals surface area (Å²) in [6.45, 7) is 9.85. The highest BCUT2D eigenvalue weighted by molar-refractivity contribution is 14.0. The molecule has 24 heavy (non-hydrogen) atoms. The van der Waals surface area contributed by atoms with Crippen molar-refractivity contribution < 1.29 is 9.15 Å². The zero-order chi connectivity index (χ0) is 16.8. The summed E-state index contributed by atoms with van der Waals surface area (Å²) < 4.78 is 10.7. The highest BCUT2D eigenvalue weighted by atomic mass is 127. The fourth-order valence-corrected chi connectivity index (χ4v) is 2.14. The second-order valence-corrected chi connectivity index (χ2v) is 5.36. The molecule has 0 saturated carbocycles. The number of hydrogen-bond donors (Lipinski definition) is 1. The summed E-state index contributed by atoms with van der Waals surface area (Å²) in [7, 11) is 2.07. The van der Waals surface area contributed by atoms with Crippen LogP contribution < -0.4 is 5.32 Å². The van der Waals surface area contributed by atoms with Crippen molar-refractivity contribution in [1.29, 1.82) is 0 Å². The Morgan fingerprint density at radius 2 is 2.29 bits per heavy atom. The molecule has 0 saturated heterocycles. The molecule has 0 amide bonds. The number of nitrogens with zero attached hydrogens (tertiary/aromatic N) is 2. The summed E-state index contributed by atoms with van der Waals surface area (Å²) in [6.07, 6.45) is 7.56. The fourth-order valence-electron chi connectivity index (χ4n) is 2.14. The first kappa shape index (κ1) is 23.0. The first-order valence-corrected chi connectivity index (χ1v) is 8.48.